The fourth-order valence-corrected chi connectivity index (χ4v) is 2.85. The van der Waals surface area contributed by atoms with Crippen LogP contribution in [-0.2, 0) is 0 Å². The quantitative estimate of drug-likeness (QED) is 0.742. The Kier molecular flexibility index (Phi) is 1.97. The van der Waals surface area contributed by atoms with Crippen LogP contribution < -0.4 is 5.32 Å². The van der Waals surface area contributed by atoms with Gasteiger partial charge in [-0.1, -0.05) is 30.3 Å². The van der Waals surface area contributed by atoms with Crippen LogP contribution in [0.2, 0.25) is 0 Å². The molecule has 18 heavy (non-hydrogen) atoms. The molecule has 2 heteroatoms. The Morgan fingerprint density at radius 3 is 3.17 bits per heavy atom. The lowest BCUT2D eigenvalue weighted by molar-refractivity contribution is 0.335. The third kappa shape index (κ3) is 1.35. The monoisotopic (exact) mass is 234 g/mol. The molecule has 0 spiro atoms. The van der Waals surface area contributed by atoms with Crippen LogP contribution in [0.5, 0.6) is 0 Å². The van der Waals surface area contributed by atoms with E-state index in [1.54, 1.807) is 0 Å². The van der Waals surface area contributed by atoms with Gasteiger partial charge >= 0.3 is 0 Å². The van der Waals surface area contributed by atoms with Crippen molar-refractivity contribution in [3.63, 3.8) is 0 Å². The number of rotatable bonds is 0. The van der Waals surface area contributed by atoms with Crippen LogP contribution in [0.3, 0.4) is 0 Å². The molecule has 0 aliphatic carbocycles. The number of dihydropyridines is 1. The molecule has 1 N–H and O–H groups in total. The van der Waals surface area contributed by atoms with Gasteiger partial charge in [-0.3, -0.25) is 0 Å². The van der Waals surface area contributed by atoms with Gasteiger partial charge in [0, 0.05) is 24.6 Å². The number of nitrogens with one attached hydrogen (secondary N) is 1. The van der Waals surface area contributed by atoms with Crippen LogP contribution in [0.4, 0.5) is 0 Å². The minimum absolute atomic E-state index is 0.359. The van der Waals surface area contributed by atoms with Gasteiger partial charge in [-0.05, 0) is 34.9 Å². The number of benzene rings is 1. The molecule has 0 fully saturated rings. The topological polar surface area (TPSA) is 15.3 Å². The van der Waals surface area contributed by atoms with Crippen molar-refractivity contribution in [3.8, 4) is 0 Å². The van der Waals surface area contributed by atoms with Gasteiger partial charge in [0.25, 0.3) is 0 Å². The van der Waals surface area contributed by atoms with E-state index >= 15 is 0 Å². The van der Waals surface area contributed by atoms with Crippen LogP contribution in [0, 0.1) is 0 Å². The lowest BCUT2D eigenvalue weighted by Crippen LogP contribution is -2.34. The van der Waals surface area contributed by atoms with Gasteiger partial charge in [0.1, 0.15) is 0 Å². The second kappa shape index (κ2) is 3.64. The van der Waals surface area contributed by atoms with Crippen LogP contribution in [0.25, 0.3) is 6.08 Å². The first-order chi connectivity index (χ1) is 8.92. The molecule has 4 rings (SSSR count). The molecule has 88 valence electrons. The Balaban J connectivity index is 1.84. The van der Waals surface area contributed by atoms with Gasteiger partial charge in [-0.15, -0.1) is 0 Å². The highest BCUT2D eigenvalue weighted by Gasteiger charge is 2.27. The van der Waals surface area contributed by atoms with E-state index in [4.69, 9.17) is 0 Å². The number of hydrogen-bond acceptors (Lipinski definition) is 2. The maximum atomic E-state index is 3.35. The van der Waals surface area contributed by atoms with Gasteiger partial charge in [0.05, 0.1) is 6.04 Å². The predicted octanol–water partition coefficient (Wildman–Crippen LogP) is 2.95. The normalized spacial score (nSPS) is 23.3. The van der Waals surface area contributed by atoms with E-state index in [2.05, 4.69) is 65.0 Å². The summed E-state index contributed by atoms with van der Waals surface area (Å²) in [7, 11) is 0. The molecule has 3 aliphatic rings. The van der Waals surface area contributed by atoms with E-state index in [1.807, 2.05) is 6.20 Å². The summed E-state index contributed by atoms with van der Waals surface area (Å²) in [5.41, 5.74) is 5.33. The van der Waals surface area contributed by atoms with Crippen molar-refractivity contribution in [1.29, 1.82) is 0 Å². The molecule has 0 saturated heterocycles. The molecule has 2 nitrogen and oxygen atoms in total. The summed E-state index contributed by atoms with van der Waals surface area (Å²) in [6, 6.07) is 8.98. The molecular weight excluding hydrogens is 220 g/mol. The first kappa shape index (κ1) is 9.77. The lowest BCUT2D eigenvalue weighted by atomic mass is 9.90. The zero-order valence-corrected chi connectivity index (χ0v) is 10.0. The second-order valence-corrected chi connectivity index (χ2v) is 4.84. The van der Waals surface area contributed by atoms with Crippen molar-refractivity contribution in [3.05, 3.63) is 77.3 Å². The van der Waals surface area contributed by atoms with E-state index < -0.39 is 0 Å². The smallest absolute Gasteiger partial charge is 0.0753 e. The summed E-state index contributed by atoms with van der Waals surface area (Å²) in [5.74, 6) is 0. The summed E-state index contributed by atoms with van der Waals surface area (Å²) in [6.45, 7) is 0.971. The predicted molar refractivity (Wildman–Crippen MR) is 73.4 cm³/mol. The zero-order valence-electron chi connectivity index (χ0n) is 10.0. The van der Waals surface area contributed by atoms with Gasteiger partial charge in [0.2, 0.25) is 0 Å². The summed E-state index contributed by atoms with van der Waals surface area (Å²) < 4.78 is 0. The van der Waals surface area contributed by atoms with E-state index in [9.17, 15) is 0 Å². The number of hydrogen-bond donors (Lipinski definition) is 1. The fraction of sp³-hybridized carbons (Fsp3) is 0.125. The van der Waals surface area contributed by atoms with Crippen LogP contribution >= 0.6 is 0 Å². The molecule has 3 aliphatic heterocycles. The molecule has 0 amide bonds. The Morgan fingerprint density at radius 2 is 2.17 bits per heavy atom. The highest BCUT2D eigenvalue weighted by atomic mass is 15.2. The summed E-state index contributed by atoms with van der Waals surface area (Å²) in [4.78, 5) is 2.39. The average molecular weight is 234 g/mol. The molecule has 0 saturated carbocycles. The molecule has 3 heterocycles. The molecule has 0 aromatic heterocycles. The number of nitrogens with zero attached hydrogens (tertiary/aromatic N) is 1. The Morgan fingerprint density at radius 1 is 1.22 bits per heavy atom. The van der Waals surface area contributed by atoms with Gasteiger partial charge in [-0.25, -0.2) is 0 Å². The van der Waals surface area contributed by atoms with Crippen molar-refractivity contribution in [2.45, 2.75) is 6.04 Å². The Bertz CT molecular complexity index is 620. The average Bonchev–Trinajstić information content (AvgIpc) is 2.45. The minimum Gasteiger partial charge on any atom is -0.362 e. The maximum Gasteiger partial charge on any atom is 0.0753 e. The summed E-state index contributed by atoms with van der Waals surface area (Å²) in [6.07, 6.45) is 13.0. The third-order valence-electron chi connectivity index (χ3n) is 3.77. The largest absolute Gasteiger partial charge is 0.362 e. The maximum absolute atomic E-state index is 3.35. The Hall–Kier alpha value is -2.22. The first-order valence-corrected chi connectivity index (χ1v) is 6.29. The van der Waals surface area contributed by atoms with Crippen molar-refractivity contribution in [2.75, 3.05) is 6.54 Å². The van der Waals surface area contributed by atoms with E-state index in [0.717, 1.165) is 6.54 Å². The van der Waals surface area contributed by atoms with Gasteiger partial charge in [0.15, 0.2) is 0 Å². The third-order valence-corrected chi connectivity index (χ3v) is 3.77. The van der Waals surface area contributed by atoms with Crippen LogP contribution in [0.1, 0.15) is 17.2 Å². The van der Waals surface area contributed by atoms with Crippen molar-refractivity contribution in [1.82, 2.24) is 10.2 Å². The van der Waals surface area contributed by atoms with Crippen molar-refractivity contribution in [2.24, 2.45) is 0 Å². The second-order valence-electron chi connectivity index (χ2n) is 4.84. The molecule has 1 aromatic carbocycles. The fourth-order valence-electron chi connectivity index (χ4n) is 2.85. The van der Waals surface area contributed by atoms with Gasteiger partial charge < -0.3 is 10.2 Å². The Labute approximate surface area is 107 Å². The van der Waals surface area contributed by atoms with Gasteiger partial charge in [-0.2, -0.15) is 0 Å². The van der Waals surface area contributed by atoms with Crippen molar-refractivity contribution < 1.29 is 0 Å². The lowest BCUT2D eigenvalue weighted by Gasteiger charge is -2.38. The SMILES string of the molecule is C1=CNC2=CC3c4ccccc4C=CN3CC2=C1. The highest BCUT2D eigenvalue weighted by molar-refractivity contribution is 5.59. The van der Waals surface area contributed by atoms with Crippen LogP contribution in [0.15, 0.2) is 66.2 Å². The van der Waals surface area contributed by atoms with Crippen LogP contribution in [-0.4, -0.2) is 11.4 Å². The summed E-state index contributed by atoms with van der Waals surface area (Å²) in [5, 5.41) is 3.35. The number of allylic oxidation sites excluding steroid dienone is 2. The molecule has 0 radical (unpaired) electrons. The minimum atomic E-state index is 0.359. The molecular formula is C16H14N2. The summed E-state index contributed by atoms with van der Waals surface area (Å²) >= 11 is 0. The molecule has 0 bridgehead atoms. The molecule has 1 unspecified atom stereocenters. The zero-order chi connectivity index (χ0) is 11.9. The number of fused-ring (bicyclic) bond motifs is 4. The first-order valence-electron chi connectivity index (χ1n) is 6.29. The van der Waals surface area contributed by atoms with E-state index in [1.165, 1.54) is 22.4 Å². The highest BCUT2D eigenvalue weighted by Crippen LogP contribution is 2.36. The van der Waals surface area contributed by atoms with E-state index in [-0.39, 0.29) is 0 Å². The standard InChI is InChI=1S/C16H14N2/c1-2-6-14-12(4-1)7-9-18-11-13-5-3-8-17-15(13)10-16(14)18/h1-10,16-17H,11H2. The van der Waals surface area contributed by atoms with E-state index in [0.29, 0.717) is 6.04 Å². The molecule has 1 atom stereocenters. The van der Waals surface area contributed by atoms with Crippen molar-refractivity contribution >= 4 is 6.08 Å². The molecule has 1 aromatic rings.